The molecule has 0 radical (unpaired) electrons. The predicted octanol–water partition coefficient (Wildman–Crippen LogP) is 4.81. The van der Waals surface area contributed by atoms with Crippen molar-refractivity contribution in [2.45, 2.75) is 19.8 Å². The molecule has 0 fully saturated rings. The number of rotatable bonds is 4. The standard InChI is InChI=1S/C14H12Cl3N3O3/c1-6(2)8-5-11(19-20-13(8)17)23-12-9(15)3-7(4-10(12)16)22-14(18)21/h3-6H,1-2H3,(H2,18,21). The molecule has 2 N–H and O–H groups in total. The summed E-state index contributed by atoms with van der Waals surface area (Å²) in [4.78, 5) is 10.8. The van der Waals surface area contributed by atoms with Gasteiger partial charge in [0.15, 0.2) is 10.9 Å². The van der Waals surface area contributed by atoms with Gasteiger partial charge in [-0.1, -0.05) is 48.7 Å². The van der Waals surface area contributed by atoms with E-state index in [-0.39, 0.29) is 33.3 Å². The zero-order chi connectivity index (χ0) is 17.1. The fourth-order valence-electron chi connectivity index (χ4n) is 1.74. The second-order valence-corrected chi connectivity index (χ2v) is 6.00. The highest BCUT2D eigenvalue weighted by Crippen LogP contribution is 2.39. The van der Waals surface area contributed by atoms with Crippen LogP contribution in [0.15, 0.2) is 18.2 Å². The van der Waals surface area contributed by atoms with Crippen LogP contribution in [0, 0.1) is 0 Å². The van der Waals surface area contributed by atoms with Crippen LogP contribution in [-0.4, -0.2) is 16.3 Å². The van der Waals surface area contributed by atoms with Crippen LogP contribution in [0.4, 0.5) is 4.79 Å². The van der Waals surface area contributed by atoms with E-state index in [4.69, 9.17) is 50.0 Å². The van der Waals surface area contributed by atoms with Gasteiger partial charge in [0.2, 0.25) is 5.88 Å². The Labute approximate surface area is 147 Å². The number of aromatic nitrogens is 2. The first-order chi connectivity index (χ1) is 10.8. The summed E-state index contributed by atoms with van der Waals surface area (Å²) in [5.41, 5.74) is 5.71. The minimum absolute atomic E-state index is 0.102. The summed E-state index contributed by atoms with van der Waals surface area (Å²) >= 11 is 18.2. The van der Waals surface area contributed by atoms with Crippen LogP contribution >= 0.6 is 34.8 Å². The van der Waals surface area contributed by atoms with E-state index in [2.05, 4.69) is 10.2 Å². The Morgan fingerprint density at radius 3 is 2.26 bits per heavy atom. The number of nitrogens with zero attached hydrogens (tertiary/aromatic N) is 2. The second kappa shape index (κ2) is 7.21. The van der Waals surface area contributed by atoms with E-state index in [0.29, 0.717) is 5.15 Å². The zero-order valence-corrected chi connectivity index (χ0v) is 14.4. The lowest BCUT2D eigenvalue weighted by Gasteiger charge is -2.12. The molecule has 2 rings (SSSR count). The lowest BCUT2D eigenvalue weighted by atomic mass is 10.1. The summed E-state index contributed by atoms with van der Waals surface area (Å²) in [6, 6.07) is 4.35. The van der Waals surface area contributed by atoms with E-state index in [0.717, 1.165) is 5.56 Å². The van der Waals surface area contributed by atoms with Gasteiger partial charge in [0.1, 0.15) is 5.75 Å². The first-order valence-electron chi connectivity index (χ1n) is 6.45. The molecule has 0 saturated carbocycles. The van der Waals surface area contributed by atoms with Crippen LogP contribution in [0.5, 0.6) is 17.4 Å². The summed E-state index contributed by atoms with van der Waals surface area (Å²) in [7, 11) is 0. The highest BCUT2D eigenvalue weighted by atomic mass is 35.5. The summed E-state index contributed by atoms with van der Waals surface area (Å²) in [5, 5.41) is 8.22. The second-order valence-electron chi connectivity index (χ2n) is 4.82. The molecule has 0 atom stereocenters. The van der Waals surface area contributed by atoms with E-state index < -0.39 is 6.09 Å². The van der Waals surface area contributed by atoms with E-state index in [1.54, 1.807) is 6.07 Å². The lowest BCUT2D eigenvalue weighted by molar-refractivity contribution is 0.211. The van der Waals surface area contributed by atoms with Gasteiger partial charge in [-0.25, -0.2) is 4.79 Å². The number of primary amides is 1. The van der Waals surface area contributed by atoms with Crippen LogP contribution in [-0.2, 0) is 0 Å². The summed E-state index contributed by atoms with van der Waals surface area (Å²) < 4.78 is 10.3. The molecule has 122 valence electrons. The first kappa shape index (κ1) is 17.6. The van der Waals surface area contributed by atoms with Crippen molar-refractivity contribution in [3.05, 3.63) is 39.0 Å². The van der Waals surface area contributed by atoms with Gasteiger partial charge >= 0.3 is 6.09 Å². The highest BCUT2D eigenvalue weighted by molar-refractivity contribution is 6.37. The topological polar surface area (TPSA) is 87.3 Å². The summed E-state index contributed by atoms with van der Waals surface area (Å²) in [6.45, 7) is 3.92. The van der Waals surface area contributed by atoms with E-state index in [1.807, 2.05) is 13.8 Å². The van der Waals surface area contributed by atoms with Gasteiger partial charge < -0.3 is 15.2 Å². The van der Waals surface area contributed by atoms with Crippen molar-refractivity contribution in [2.24, 2.45) is 5.73 Å². The number of hydrogen-bond acceptors (Lipinski definition) is 5. The average molecular weight is 377 g/mol. The maximum Gasteiger partial charge on any atom is 0.409 e. The van der Waals surface area contributed by atoms with Gasteiger partial charge in [-0.2, -0.15) is 0 Å². The van der Waals surface area contributed by atoms with Crippen molar-refractivity contribution in [3.8, 4) is 17.4 Å². The van der Waals surface area contributed by atoms with Gasteiger partial charge in [0.25, 0.3) is 0 Å². The van der Waals surface area contributed by atoms with E-state index >= 15 is 0 Å². The Hall–Kier alpha value is -1.76. The summed E-state index contributed by atoms with van der Waals surface area (Å²) in [5.74, 6) is 0.574. The smallest absolute Gasteiger partial charge is 0.409 e. The Kier molecular flexibility index (Phi) is 5.51. The largest absolute Gasteiger partial charge is 0.434 e. The molecule has 0 aliphatic carbocycles. The van der Waals surface area contributed by atoms with Crippen LogP contribution < -0.4 is 15.2 Å². The molecule has 1 amide bonds. The average Bonchev–Trinajstić information content (AvgIpc) is 2.43. The SMILES string of the molecule is CC(C)c1cc(Oc2c(Cl)cc(OC(N)=O)cc2Cl)nnc1Cl. The number of nitrogens with two attached hydrogens (primary N) is 1. The summed E-state index contributed by atoms with van der Waals surface area (Å²) in [6.07, 6.45) is -0.976. The highest BCUT2D eigenvalue weighted by Gasteiger charge is 2.15. The Bertz CT molecular complexity index is 730. The lowest BCUT2D eigenvalue weighted by Crippen LogP contribution is -2.16. The molecule has 1 heterocycles. The van der Waals surface area contributed by atoms with Gasteiger partial charge in [-0.15, -0.1) is 10.2 Å². The van der Waals surface area contributed by atoms with Crippen LogP contribution in [0.2, 0.25) is 15.2 Å². The Morgan fingerprint density at radius 1 is 1.13 bits per heavy atom. The monoisotopic (exact) mass is 375 g/mol. The fourth-order valence-corrected chi connectivity index (χ4v) is 2.60. The molecule has 1 aromatic carbocycles. The van der Waals surface area contributed by atoms with Gasteiger partial charge in [-0.3, -0.25) is 0 Å². The molecule has 0 aliphatic heterocycles. The van der Waals surface area contributed by atoms with Gasteiger partial charge in [-0.05, 0) is 11.5 Å². The van der Waals surface area contributed by atoms with Crippen molar-refractivity contribution >= 4 is 40.9 Å². The minimum Gasteiger partial charge on any atom is -0.434 e. The van der Waals surface area contributed by atoms with Gasteiger partial charge in [0, 0.05) is 18.2 Å². The van der Waals surface area contributed by atoms with Crippen molar-refractivity contribution in [1.82, 2.24) is 10.2 Å². The third kappa shape index (κ3) is 4.37. The molecule has 1 aromatic heterocycles. The van der Waals surface area contributed by atoms with Crippen LogP contribution in [0.1, 0.15) is 25.3 Å². The first-order valence-corrected chi connectivity index (χ1v) is 7.58. The van der Waals surface area contributed by atoms with Crippen molar-refractivity contribution in [1.29, 1.82) is 0 Å². The van der Waals surface area contributed by atoms with Crippen molar-refractivity contribution < 1.29 is 14.3 Å². The number of ether oxygens (including phenoxy) is 2. The molecule has 0 aliphatic rings. The number of halogens is 3. The third-order valence-electron chi connectivity index (χ3n) is 2.77. The molecule has 6 nitrogen and oxygen atoms in total. The molecule has 2 aromatic rings. The quantitative estimate of drug-likeness (QED) is 0.827. The Balaban J connectivity index is 2.33. The zero-order valence-electron chi connectivity index (χ0n) is 12.1. The number of amides is 1. The molecule has 23 heavy (non-hydrogen) atoms. The van der Waals surface area contributed by atoms with Gasteiger partial charge in [0.05, 0.1) is 10.0 Å². The van der Waals surface area contributed by atoms with E-state index in [9.17, 15) is 4.79 Å². The normalized spacial score (nSPS) is 10.7. The number of carbonyl (C=O) groups excluding carboxylic acids is 1. The predicted molar refractivity (Wildman–Crippen MR) is 87.9 cm³/mol. The number of benzene rings is 1. The maximum absolute atomic E-state index is 10.8. The fraction of sp³-hybridized carbons (Fsp3) is 0.214. The van der Waals surface area contributed by atoms with Crippen molar-refractivity contribution in [2.75, 3.05) is 0 Å². The molecular formula is C14H12Cl3N3O3. The molecule has 9 heteroatoms. The van der Waals surface area contributed by atoms with Crippen molar-refractivity contribution in [3.63, 3.8) is 0 Å². The number of carbonyl (C=O) groups is 1. The van der Waals surface area contributed by atoms with Crippen LogP contribution in [0.25, 0.3) is 0 Å². The van der Waals surface area contributed by atoms with E-state index in [1.165, 1.54) is 12.1 Å². The maximum atomic E-state index is 10.8. The third-order valence-corrected chi connectivity index (χ3v) is 3.63. The molecule has 0 bridgehead atoms. The Morgan fingerprint density at radius 2 is 1.74 bits per heavy atom. The number of hydrogen-bond donors (Lipinski definition) is 1. The molecule has 0 unspecified atom stereocenters. The minimum atomic E-state index is -0.976. The van der Waals surface area contributed by atoms with Crippen LogP contribution in [0.3, 0.4) is 0 Å². The molecular weight excluding hydrogens is 365 g/mol. The molecule has 0 saturated heterocycles. The molecule has 0 spiro atoms.